The number of ether oxygens (including phenoxy) is 2. The molecule has 1 heterocycles. The second-order valence-electron chi connectivity index (χ2n) is 4.16. The minimum Gasteiger partial charge on any atom is -0.493 e. The molecule has 0 saturated heterocycles. The molecule has 0 radical (unpaired) electrons. The van der Waals surface area contributed by atoms with Crippen LogP contribution in [-0.2, 0) is 12.8 Å². The summed E-state index contributed by atoms with van der Waals surface area (Å²) in [6.45, 7) is 2.04. The number of methoxy groups -OCH3 is 2. The van der Waals surface area contributed by atoms with Crippen molar-refractivity contribution in [2.24, 2.45) is 0 Å². The van der Waals surface area contributed by atoms with E-state index in [0.29, 0.717) is 0 Å². The standard InChI is InChI=1S/C14H18N2O2/c1-10-12(16-9-15-10)6-4-11-5-7-13(17-2)14(8-11)18-3/h5,7-9H,4,6H2,1-3H3,(H,15,16). The van der Waals surface area contributed by atoms with Crippen molar-refractivity contribution in [2.45, 2.75) is 19.8 Å². The molecular weight excluding hydrogens is 228 g/mol. The van der Waals surface area contributed by atoms with Crippen molar-refractivity contribution in [1.29, 1.82) is 0 Å². The van der Waals surface area contributed by atoms with E-state index in [2.05, 4.69) is 16.0 Å². The number of hydrogen-bond donors (Lipinski definition) is 1. The Morgan fingerprint density at radius 2 is 1.89 bits per heavy atom. The van der Waals surface area contributed by atoms with E-state index in [0.717, 1.165) is 35.7 Å². The molecule has 0 saturated carbocycles. The van der Waals surface area contributed by atoms with E-state index < -0.39 is 0 Å². The number of H-pyrrole nitrogens is 1. The Hall–Kier alpha value is -1.97. The van der Waals surface area contributed by atoms with Crippen molar-refractivity contribution in [3.63, 3.8) is 0 Å². The van der Waals surface area contributed by atoms with Crippen LogP contribution in [0, 0.1) is 6.92 Å². The molecule has 2 rings (SSSR count). The van der Waals surface area contributed by atoms with Crippen LogP contribution < -0.4 is 9.47 Å². The topological polar surface area (TPSA) is 47.1 Å². The number of aromatic amines is 1. The third kappa shape index (κ3) is 2.64. The van der Waals surface area contributed by atoms with Crippen LogP contribution in [0.15, 0.2) is 24.5 Å². The van der Waals surface area contributed by atoms with Crippen LogP contribution in [0.2, 0.25) is 0 Å². The summed E-state index contributed by atoms with van der Waals surface area (Å²) in [5.74, 6) is 1.53. The van der Waals surface area contributed by atoms with Crippen LogP contribution in [0.5, 0.6) is 11.5 Å². The Bertz CT molecular complexity index is 520. The summed E-state index contributed by atoms with van der Waals surface area (Å²) in [6.07, 6.45) is 3.59. The minimum absolute atomic E-state index is 0.761. The zero-order valence-electron chi connectivity index (χ0n) is 11.0. The van der Waals surface area contributed by atoms with Gasteiger partial charge in [0.1, 0.15) is 0 Å². The molecule has 0 fully saturated rings. The van der Waals surface area contributed by atoms with E-state index in [1.165, 1.54) is 5.56 Å². The maximum Gasteiger partial charge on any atom is 0.160 e. The van der Waals surface area contributed by atoms with Crippen LogP contribution in [-0.4, -0.2) is 24.2 Å². The molecule has 0 unspecified atom stereocenters. The average molecular weight is 246 g/mol. The first-order chi connectivity index (χ1) is 8.74. The average Bonchev–Trinajstić information content (AvgIpc) is 2.81. The van der Waals surface area contributed by atoms with Gasteiger partial charge < -0.3 is 14.5 Å². The lowest BCUT2D eigenvalue weighted by atomic mass is 10.1. The molecule has 96 valence electrons. The molecule has 0 aliphatic heterocycles. The van der Waals surface area contributed by atoms with Gasteiger partial charge in [-0.05, 0) is 37.5 Å². The fourth-order valence-electron chi connectivity index (χ4n) is 1.94. The van der Waals surface area contributed by atoms with Crippen molar-refractivity contribution < 1.29 is 9.47 Å². The largest absolute Gasteiger partial charge is 0.493 e. The van der Waals surface area contributed by atoms with Gasteiger partial charge in [-0.2, -0.15) is 0 Å². The van der Waals surface area contributed by atoms with Crippen molar-refractivity contribution in [2.75, 3.05) is 14.2 Å². The Kier molecular flexibility index (Phi) is 3.87. The summed E-state index contributed by atoms with van der Waals surface area (Å²) in [4.78, 5) is 7.39. The predicted octanol–water partition coefficient (Wildman–Crippen LogP) is 2.52. The van der Waals surface area contributed by atoms with Crippen molar-refractivity contribution in [1.82, 2.24) is 9.97 Å². The van der Waals surface area contributed by atoms with Crippen LogP contribution in [0.3, 0.4) is 0 Å². The highest BCUT2D eigenvalue weighted by molar-refractivity contribution is 5.43. The maximum absolute atomic E-state index is 5.29. The van der Waals surface area contributed by atoms with Gasteiger partial charge >= 0.3 is 0 Å². The Labute approximate surface area is 107 Å². The number of nitrogens with one attached hydrogen (secondary N) is 1. The van der Waals surface area contributed by atoms with Crippen molar-refractivity contribution in [3.8, 4) is 11.5 Å². The highest BCUT2D eigenvalue weighted by Gasteiger charge is 2.06. The molecule has 0 amide bonds. The number of benzene rings is 1. The lowest BCUT2D eigenvalue weighted by molar-refractivity contribution is 0.354. The van der Waals surface area contributed by atoms with Gasteiger partial charge in [-0.1, -0.05) is 6.07 Å². The smallest absolute Gasteiger partial charge is 0.160 e. The van der Waals surface area contributed by atoms with Gasteiger partial charge in [0.2, 0.25) is 0 Å². The van der Waals surface area contributed by atoms with Gasteiger partial charge in [-0.25, -0.2) is 4.98 Å². The zero-order valence-corrected chi connectivity index (χ0v) is 11.0. The Morgan fingerprint density at radius 1 is 1.11 bits per heavy atom. The first-order valence-corrected chi connectivity index (χ1v) is 5.94. The van der Waals surface area contributed by atoms with Crippen LogP contribution >= 0.6 is 0 Å². The Balaban J connectivity index is 2.08. The molecule has 1 aromatic heterocycles. The molecular formula is C14H18N2O2. The molecule has 0 aliphatic carbocycles. The molecule has 4 heteroatoms. The number of nitrogens with zero attached hydrogens (tertiary/aromatic N) is 1. The van der Waals surface area contributed by atoms with E-state index in [1.807, 2.05) is 19.1 Å². The molecule has 0 spiro atoms. The van der Waals surface area contributed by atoms with Crippen molar-refractivity contribution in [3.05, 3.63) is 41.5 Å². The third-order valence-electron chi connectivity index (χ3n) is 3.03. The summed E-state index contributed by atoms with van der Waals surface area (Å²) in [5, 5.41) is 0. The van der Waals surface area contributed by atoms with Crippen LogP contribution in [0.25, 0.3) is 0 Å². The van der Waals surface area contributed by atoms with Gasteiger partial charge in [0.25, 0.3) is 0 Å². The fraction of sp³-hybridized carbons (Fsp3) is 0.357. The molecule has 0 aliphatic rings. The highest BCUT2D eigenvalue weighted by atomic mass is 16.5. The first-order valence-electron chi connectivity index (χ1n) is 5.94. The van der Waals surface area contributed by atoms with E-state index in [9.17, 15) is 0 Å². The van der Waals surface area contributed by atoms with Gasteiger partial charge in [0, 0.05) is 5.69 Å². The van der Waals surface area contributed by atoms with Gasteiger partial charge in [-0.15, -0.1) is 0 Å². The highest BCUT2D eigenvalue weighted by Crippen LogP contribution is 2.28. The number of rotatable bonds is 5. The summed E-state index contributed by atoms with van der Waals surface area (Å²) in [5.41, 5.74) is 3.47. The summed E-state index contributed by atoms with van der Waals surface area (Å²) < 4.78 is 10.5. The van der Waals surface area contributed by atoms with Gasteiger partial charge in [0.15, 0.2) is 11.5 Å². The van der Waals surface area contributed by atoms with Gasteiger partial charge in [0.05, 0.1) is 26.2 Å². The van der Waals surface area contributed by atoms with E-state index in [-0.39, 0.29) is 0 Å². The Morgan fingerprint density at radius 3 is 2.50 bits per heavy atom. The second-order valence-corrected chi connectivity index (χ2v) is 4.16. The van der Waals surface area contributed by atoms with E-state index in [1.54, 1.807) is 20.5 Å². The third-order valence-corrected chi connectivity index (χ3v) is 3.03. The molecule has 1 N–H and O–H groups in total. The SMILES string of the molecule is COc1ccc(CCc2nc[nH]c2C)cc1OC. The van der Waals surface area contributed by atoms with E-state index >= 15 is 0 Å². The summed E-state index contributed by atoms with van der Waals surface area (Å²) >= 11 is 0. The molecule has 0 atom stereocenters. The van der Waals surface area contributed by atoms with Crippen LogP contribution in [0.1, 0.15) is 17.0 Å². The number of hydrogen-bond acceptors (Lipinski definition) is 3. The molecule has 0 bridgehead atoms. The lowest BCUT2D eigenvalue weighted by Crippen LogP contribution is -1.96. The van der Waals surface area contributed by atoms with Crippen LogP contribution in [0.4, 0.5) is 0 Å². The van der Waals surface area contributed by atoms with E-state index in [4.69, 9.17) is 9.47 Å². The predicted molar refractivity (Wildman–Crippen MR) is 70.3 cm³/mol. The second kappa shape index (κ2) is 5.58. The fourth-order valence-corrected chi connectivity index (χ4v) is 1.94. The molecule has 4 nitrogen and oxygen atoms in total. The minimum atomic E-state index is 0.761. The summed E-state index contributed by atoms with van der Waals surface area (Å²) in [7, 11) is 3.30. The normalized spacial score (nSPS) is 10.4. The maximum atomic E-state index is 5.29. The first kappa shape index (κ1) is 12.5. The molecule has 2 aromatic rings. The van der Waals surface area contributed by atoms with Crippen molar-refractivity contribution >= 4 is 0 Å². The zero-order chi connectivity index (χ0) is 13.0. The number of aryl methyl sites for hydroxylation is 3. The lowest BCUT2D eigenvalue weighted by Gasteiger charge is -2.09. The quantitative estimate of drug-likeness (QED) is 0.881. The van der Waals surface area contributed by atoms with Gasteiger partial charge in [-0.3, -0.25) is 0 Å². The monoisotopic (exact) mass is 246 g/mol. The summed E-state index contributed by atoms with van der Waals surface area (Å²) in [6, 6.07) is 6.01. The number of aromatic nitrogens is 2. The molecule has 1 aromatic carbocycles. The number of imidazole rings is 1. The molecule has 18 heavy (non-hydrogen) atoms.